The van der Waals surface area contributed by atoms with Crippen molar-refractivity contribution in [3.05, 3.63) is 18.3 Å². The second-order valence-electron chi connectivity index (χ2n) is 6.17. The van der Waals surface area contributed by atoms with Gasteiger partial charge in [0.25, 0.3) is 0 Å². The van der Waals surface area contributed by atoms with E-state index < -0.39 is 5.60 Å². The minimum atomic E-state index is -0.525. The fraction of sp³-hybridized carbons (Fsp3) is 0.667. The van der Waals surface area contributed by atoms with Crippen LogP contribution in [0.15, 0.2) is 18.3 Å². The summed E-state index contributed by atoms with van der Waals surface area (Å²) >= 11 is 0. The Hall–Kier alpha value is -1.33. The van der Waals surface area contributed by atoms with Crippen molar-refractivity contribution >= 4 is 11.5 Å². The number of aliphatic hydroxyl groups is 1. The van der Waals surface area contributed by atoms with Crippen molar-refractivity contribution in [1.29, 1.82) is 0 Å². The molecule has 3 rings (SSSR count). The van der Waals surface area contributed by atoms with Crippen molar-refractivity contribution in [3.63, 3.8) is 0 Å². The van der Waals surface area contributed by atoms with Crippen molar-refractivity contribution in [2.45, 2.75) is 37.3 Å². The number of nitrogens with two attached hydrogens (primary N) is 1. The summed E-state index contributed by atoms with van der Waals surface area (Å²) < 4.78 is 0. The van der Waals surface area contributed by atoms with Gasteiger partial charge in [0.05, 0.1) is 17.5 Å². The van der Waals surface area contributed by atoms with E-state index in [0.29, 0.717) is 11.9 Å². The highest BCUT2D eigenvalue weighted by Crippen LogP contribution is 2.35. The number of likely N-dealkylation sites (N-methyl/N-ethyl adjacent to an activating group) is 1. The molecule has 0 aliphatic carbocycles. The first-order valence-corrected chi connectivity index (χ1v) is 7.48. The number of likely N-dealkylation sites (tertiary alicyclic amines) is 1. The topological polar surface area (TPSA) is 65.6 Å². The van der Waals surface area contributed by atoms with Gasteiger partial charge in [0.1, 0.15) is 5.82 Å². The molecule has 2 saturated heterocycles. The van der Waals surface area contributed by atoms with Crippen molar-refractivity contribution in [3.8, 4) is 0 Å². The summed E-state index contributed by atoms with van der Waals surface area (Å²) in [5, 5.41) is 10.9. The first-order valence-electron chi connectivity index (χ1n) is 7.48. The predicted molar refractivity (Wildman–Crippen MR) is 80.7 cm³/mol. The average Bonchev–Trinajstić information content (AvgIpc) is 2.88. The molecule has 5 nitrogen and oxygen atoms in total. The normalized spacial score (nSPS) is 26.9. The number of piperidine rings is 1. The van der Waals surface area contributed by atoms with E-state index >= 15 is 0 Å². The van der Waals surface area contributed by atoms with Gasteiger partial charge in [-0.25, -0.2) is 4.98 Å². The van der Waals surface area contributed by atoms with Crippen LogP contribution in [0.4, 0.5) is 11.5 Å². The summed E-state index contributed by atoms with van der Waals surface area (Å²) in [5.41, 5.74) is 6.20. The van der Waals surface area contributed by atoms with Gasteiger partial charge in [-0.3, -0.25) is 0 Å². The van der Waals surface area contributed by atoms with E-state index in [1.165, 1.54) is 6.42 Å². The van der Waals surface area contributed by atoms with Gasteiger partial charge >= 0.3 is 0 Å². The molecule has 20 heavy (non-hydrogen) atoms. The summed E-state index contributed by atoms with van der Waals surface area (Å²) in [5.74, 6) is 0.551. The highest BCUT2D eigenvalue weighted by molar-refractivity contribution is 5.48. The molecule has 2 aliphatic rings. The second-order valence-corrected chi connectivity index (χ2v) is 6.17. The molecule has 1 atom stereocenters. The van der Waals surface area contributed by atoms with Crippen molar-refractivity contribution in [2.24, 2.45) is 0 Å². The lowest BCUT2D eigenvalue weighted by atomic mass is 9.83. The third-order valence-corrected chi connectivity index (χ3v) is 4.91. The zero-order valence-electron chi connectivity index (χ0n) is 12.1. The zero-order valence-corrected chi connectivity index (χ0v) is 12.1. The summed E-state index contributed by atoms with van der Waals surface area (Å²) in [6.45, 7) is 2.87. The molecule has 1 unspecified atom stereocenters. The molecule has 1 aromatic rings. The molecular weight excluding hydrogens is 252 g/mol. The van der Waals surface area contributed by atoms with Gasteiger partial charge in [0.2, 0.25) is 0 Å². The van der Waals surface area contributed by atoms with Crippen molar-refractivity contribution in [2.75, 3.05) is 37.3 Å². The molecular formula is C15H24N4O. The van der Waals surface area contributed by atoms with Gasteiger partial charge in [0.15, 0.2) is 0 Å². The van der Waals surface area contributed by atoms with Crippen LogP contribution >= 0.6 is 0 Å². The Balaban J connectivity index is 1.65. The Labute approximate surface area is 120 Å². The van der Waals surface area contributed by atoms with Gasteiger partial charge in [-0.15, -0.1) is 0 Å². The number of anilines is 2. The number of aromatic nitrogens is 1. The van der Waals surface area contributed by atoms with Crippen molar-refractivity contribution in [1.82, 2.24) is 9.88 Å². The van der Waals surface area contributed by atoms with E-state index in [4.69, 9.17) is 5.73 Å². The van der Waals surface area contributed by atoms with Crippen LogP contribution in [0.25, 0.3) is 0 Å². The van der Waals surface area contributed by atoms with Crippen LogP contribution in [0.3, 0.4) is 0 Å². The lowest BCUT2D eigenvalue weighted by molar-refractivity contribution is -0.0449. The lowest BCUT2D eigenvalue weighted by Crippen LogP contribution is -2.55. The van der Waals surface area contributed by atoms with E-state index in [-0.39, 0.29) is 0 Å². The van der Waals surface area contributed by atoms with Gasteiger partial charge in [-0.1, -0.05) is 0 Å². The summed E-state index contributed by atoms with van der Waals surface area (Å²) in [4.78, 5) is 8.75. The minimum absolute atomic E-state index is 0.328. The Kier molecular flexibility index (Phi) is 3.56. The molecule has 2 aliphatic heterocycles. The molecule has 0 amide bonds. The van der Waals surface area contributed by atoms with E-state index in [0.717, 1.165) is 44.6 Å². The molecule has 0 radical (unpaired) electrons. The number of nitrogen functional groups attached to an aromatic ring is 1. The van der Waals surface area contributed by atoms with Crippen LogP contribution < -0.4 is 10.6 Å². The summed E-state index contributed by atoms with van der Waals surface area (Å²) in [6.07, 6.45) is 5.80. The van der Waals surface area contributed by atoms with Gasteiger partial charge in [-0.2, -0.15) is 0 Å². The highest BCUT2D eigenvalue weighted by Gasteiger charge is 2.43. The molecule has 3 heterocycles. The maximum atomic E-state index is 10.9. The fourth-order valence-corrected chi connectivity index (χ4v) is 3.66. The smallest absolute Gasteiger partial charge is 0.123 e. The van der Waals surface area contributed by atoms with Crippen LogP contribution in [0.2, 0.25) is 0 Å². The molecule has 2 fully saturated rings. The van der Waals surface area contributed by atoms with E-state index in [9.17, 15) is 5.11 Å². The Bertz CT molecular complexity index is 453. The predicted octanol–water partition coefficient (Wildman–Crippen LogP) is 1.09. The minimum Gasteiger partial charge on any atom is -0.388 e. The van der Waals surface area contributed by atoms with E-state index in [1.54, 1.807) is 0 Å². The number of pyridine rings is 1. The highest BCUT2D eigenvalue weighted by atomic mass is 16.3. The van der Waals surface area contributed by atoms with Crippen LogP contribution in [-0.4, -0.2) is 53.3 Å². The zero-order chi connectivity index (χ0) is 14.2. The Morgan fingerprint density at radius 3 is 2.60 bits per heavy atom. The lowest BCUT2D eigenvalue weighted by Gasteiger charge is -2.44. The number of nitrogens with zero attached hydrogens (tertiary/aromatic N) is 3. The number of hydrogen-bond acceptors (Lipinski definition) is 5. The molecule has 1 aromatic heterocycles. The van der Waals surface area contributed by atoms with Crippen molar-refractivity contribution < 1.29 is 5.11 Å². The molecule has 110 valence electrons. The van der Waals surface area contributed by atoms with Gasteiger partial charge in [-0.05, 0) is 51.4 Å². The number of hydrogen-bond donors (Lipinski definition) is 2. The average molecular weight is 276 g/mol. The Morgan fingerprint density at radius 1 is 1.30 bits per heavy atom. The van der Waals surface area contributed by atoms with Crippen LogP contribution in [0, 0.1) is 0 Å². The molecule has 0 bridgehead atoms. The molecule has 0 aromatic carbocycles. The van der Waals surface area contributed by atoms with Crippen LogP contribution in [0.1, 0.15) is 25.7 Å². The summed E-state index contributed by atoms with van der Waals surface area (Å²) in [6, 6.07) is 4.17. The molecule has 0 spiro atoms. The summed E-state index contributed by atoms with van der Waals surface area (Å²) in [7, 11) is 2.13. The molecule has 3 N–H and O–H groups in total. The van der Waals surface area contributed by atoms with E-state index in [1.807, 2.05) is 18.3 Å². The monoisotopic (exact) mass is 276 g/mol. The van der Waals surface area contributed by atoms with Crippen LogP contribution in [0.5, 0.6) is 0 Å². The maximum absolute atomic E-state index is 10.9. The van der Waals surface area contributed by atoms with Gasteiger partial charge < -0.3 is 20.6 Å². The molecule has 5 heteroatoms. The quantitative estimate of drug-likeness (QED) is 0.846. The fourth-order valence-electron chi connectivity index (χ4n) is 3.66. The SMILES string of the molecule is CN1CCCC1C1(O)CCN(c2ccc(N)nc2)CC1. The van der Waals surface area contributed by atoms with E-state index in [2.05, 4.69) is 21.8 Å². The third-order valence-electron chi connectivity index (χ3n) is 4.91. The van der Waals surface area contributed by atoms with Crippen LogP contribution in [-0.2, 0) is 0 Å². The second kappa shape index (κ2) is 5.22. The maximum Gasteiger partial charge on any atom is 0.123 e. The standard InChI is InChI=1S/C15H24N4O/c1-18-8-2-3-13(18)15(20)6-9-19(10-7-15)12-4-5-14(16)17-11-12/h4-5,11,13,20H,2-3,6-10H2,1H3,(H2,16,17). The number of rotatable bonds is 2. The first kappa shape index (κ1) is 13.6. The van der Waals surface area contributed by atoms with Gasteiger partial charge in [0, 0.05) is 19.1 Å². The molecule has 0 saturated carbocycles. The largest absolute Gasteiger partial charge is 0.388 e. The first-order chi connectivity index (χ1) is 9.58. The third kappa shape index (κ3) is 2.47. The Morgan fingerprint density at radius 2 is 2.05 bits per heavy atom.